The van der Waals surface area contributed by atoms with Gasteiger partial charge in [0.15, 0.2) is 0 Å². The number of nitrogens with one attached hydrogen (secondary N) is 2. The van der Waals surface area contributed by atoms with Crippen molar-refractivity contribution in [2.75, 3.05) is 5.32 Å². The van der Waals surface area contributed by atoms with Gasteiger partial charge in [0, 0.05) is 11.7 Å². The number of para-hydroxylation sites is 1. The third kappa shape index (κ3) is 4.05. The van der Waals surface area contributed by atoms with E-state index in [-0.39, 0.29) is 11.9 Å². The zero-order chi connectivity index (χ0) is 15.2. The van der Waals surface area contributed by atoms with E-state index in [4.69, 9.17) is 0 Å². The van der Waals surface area contributed by atoms with E-state index in [1.165, 1.54) is 0 Å². The molecule has 1 unspecified atom stereocenters. The fourth-order valence-corrected chi connectivity index (χ4v) is 1.87. The molecule has 0 bridgehead atoms. The molecule has 1 aromatic heterocycles. The van der Waals surface area contributed by atoms with Crippen LogP contribution in [-0.4, -0.2) is 16.9 Å². The molecular weight excluding hydrogens is 262 g/mol. The molecule has 0 saturated carbocycles. The van der Waals surface area contributed by atoms with Crippen LogP contribution in [0.3, 0.4) is 0 Å². The predicted octanol–water partition coefficient (Wildman–Crippen LogP) is 3.66. The van der Waals surface area contributed by atoms with Gasteiger partial charge in [-0.3, -0.25) is 4.79 Å². The van der Waals surface area contributed by atoms with Gasteiger partial charge in [-0.05, 0) is 44.0 Å². The number of hydrogen-bond acceptors (Lipinski definition) is 3. The van der Waals surface area contributed by atoms with Gasteiger partial charge in [0.05, 0.1) is 11.9 Å². The highest BCUT2D eigenvalue weighted by atomic mass is 16.1. The Hall–Kier alpha value is -2.36. The Morgan fingerprint density at radius 1 is 1.24 bits per heavy atom. The number of benzene rings is 1. The molecule has 0 aliphatic heterocycles. The number of pyridine rings is 1. The molecule has 2 rings (SSSR count). The zero-order valence-electron chi connectivity index (χ0n) is 12.7. The van der Waals surface area contributed by atoms with Crippen LogP contribution in [0.5, 0.6) is 0 Å². The Labute approximate surface area is 125 Å². The molecule has 1 aromatic carbocycles. The van der Waals surface area contributed by atoms with Crippen LogP contribution >= 0.6 is 0 Å². The molecule has 1 atom stereocenters. The number of aryl methyl sites for hydroxylation is 1. The zero-order valence-corrected chi connectivity index (χ0v) is 12.7. The molecule has 0 radical (unpaired) electrons. The van der Waals surface area contributed by atoms with Crippen LogP contribution < -0.4 is 10.6 Å². The second kappa shape index (κ2) is 6.88. The van der Waals surface area contributed by atoms with E-state index in [1.54, 1.807) is 12.3 Å². The summed E-state index contributed by atoms with van der Waals surface area (Å²) in [5, 5.41) is 6.20. The van der Waals surface area contributed by atoms with Gasteiger partial charge in [-0.1, -0.05) is 25.1 Å². The van der Waals surface area contributed by atoms with Crippen molar-refractivity contribution in [2.24, 2.45) is 0 Å². The lowest BCUT2D eigenvalue weighted by molar-refractivity contribution is 0.0934. The highest BCUT2D eigenvalue weighted by molar-refractivity contribution is 5.92. The Bertz CT molecular complexity index is 608. The van der Waals surface area contributed by atoms with Crippen LogP contribution in [0.4, 0.5) is 11.4 Å². The molecular formula is C17H21N3O. The van der Waals surface area contributed by atoms with Gasteiger partial charge in [-0.25, -0.2) is 4.98 Å². The van der Waals surface area contributed by atoms with Crippen molar-refractivity contribution in [1.29, 1.82) is 0 Å². The maximum absolute atomic E-state index is 11.9. The lowest BCUT2D eigenvalue weighted by Crippen LogP contribution is -2.32. The Balaban J connectivity index is 2.05. The van der Waals surface area contributed by atoms with Crippen molar-refractivity contribution in [3.05, 3.63) is 53.9 Å². The van der Waals surface area contributed by atoms with Crippen molar-refractivity contribution in [1.82, 2.24) is 10.3 Å². The maximum atomic E-state index is 11.9. The SMILES string of the molecule is CCC(C)NC(=O)c1ccc(Nc2ccccc2C)cn1. The van der Waals surface area contributed by atoms with Crippen LogP contribution in [0.15, 0.2) is 42.6 Å². The number of anilines is 2. The predicted molar refractivity (Wildman–Crippen MR) is 85.9 cm³/mol. The lowest BCUT2D eigenvalue weighted by atomic mass is 10.2. The minimum atomic E-state index is -0.133. The Morgan fingerprint density at radius 3 is 2.62 bits per heavy atom. The van der Waals surface area contributed by atoms with E-state index < -0.39 is 0 Å². The normalized spacial score (nSPS) is 11.8. The standard InChI is InChI=1S/C17H21N3O/c1-4-13(3)19-17(21)16-10-9-14(11-18-16)20-15-8-6-5-7-12(15)2/h5-11,13,20H,4H2,1-3H3,(H,19,21). The molecule has 0 saturated heterocycles. The van der Waals surface area contributed by atoms with Gasteiger partial charge in [0.25, 0.3) is 5.91 Å². The fourth-order valence-electron chi connectivity index (χ4n) is 1.87. The number of hydrogen-bond donors (Lipinski definition) is 2. The van der Waals surface area contributed by atoms with Gasteiger partial charge in [-0.15, -0.1) is 0 Å². The summed E-state index contributed by atoms with van der Waals surface area (Å²) >= 11 is 0. The van der Waals surface area contributed by atoms with Crippen molar-refractivity contribution in [2.45, 2.75) is 33.2 Å². The average molecular weight is 283 g/mol. The Morgan fingerprint density at radius 2 is 2.00 bits per heavy atom. The summed E-state index contributed by atoms with van der Waals surface area (Å²) < 4.78 is 0. The first-order valence-electron chi connectivity index (χ1n) is 7.19. The first kappa shape index (κ1) is 15.0. The van der Waals surface area contributed by atoms with Crippen LogP contribution in [0.2, 0.25) is 0 Å². The summed E-state index contributed by atoms with van der Waals surface area (Å²) in [7, 11) is 0. The molecule has 0 aliphatic carbocycles. The highest BCUT2D eigenvalue weighted by Crippen LogP contribution is 2.19. The molecule has 2 aromatic rings. The summed E-state index contributed by atoms with van der Waals surface area (Å²) in [6.45, 7) is 6.06. The summed E-state index contributed by atoms with van der Waals surface area (Å²) in [6.07, 6.45) is 2.58. The van der Waals surface area contributed by atoms with Gasteiger partial charge < -0.3 is 10.6 Å². The number of carbonyl (C=O) groups excluding carboxylic acids is 1. The molecule has 110 valence electrons. The molecule has 4 heteroatoms. The lowest BCUT2D eigenvalue weighted by Gasteiger charge is -2.12. The third-order valence-corrected chi connectivity index (χ3v) is 3.41. The van der Waals surface area contributed by atoms with E-state index in [9.17, 15) is 4.79 Å². The number of amides is 1. The largest absolute Gasteiger partial charge is 0.354 e. The van der Waals surface area contributed by atoms with Crippen LogP contribution in [0.1, 0.15) is 36.3 Å². The fraction of sp³-hybridized carbons (Fsp3) is 0.294. The van der Waals surface area contributed by atoms with Gasteiger partial charge in [0.1, 0.15) is 5.69 Å². The molecule has 2 N–H and O–H groups in total. The molecule has 1 amide bonds. The summed E-state index contributed by atoms with van der Waals surface area (Å²) in [5.74, 6) is -0.133. The van der Waals surface area contributed by atoms with Crippen LogP contribution in [-0.2, 0) is 0 Å². The first-order chi connectivity index (χ1) is 10.1. The second-order valence-corrected chi connectivity index (χ2v) is 5.15. The second-order valence-electron chi connectivity index (χ2n) is 5.15. The quantitative estimate of drug-likeness (QED) is 0.880. The van der Waals surface area contributed by atoms with Crippen molar-refractivity contribution in [3.63, 3.8) is 0 Å². The molecule has 0 aliphatic rings. The topological polar surface area (TPSA) is 54.0 Å². The number of carbonyl (C=O) groups is 1. The van der Waals surface area contributed by atoms with Crippen LogP contribution in [0, 0.1) is 6.92 Å². The molecule has 0 fully saturated rings. The van der Waals surface area contributed by atoms with Crippen molar-refractivity contribution < 1.29 is 4.79 Å². The van der Waals surface area contributed by atoms with Gasteiger partial charge >= 0.3 is 0 Å². The van der Waals surface area contributed by atoms with E-state index in [2.05, 4.69) is 15.6 Å². The van der Waals surface area contributed by atoms with Gasteiger partial charge in [-0.2, -0.15) is 0 Å². The maximum Gasteiger partial charge on any atom is 0.270 e. The molecule has 21 heavy (non-hydrogen) atoms. The van der Waals surface area contributed by atoms with E-state index in [0.29, 0.717) is 5.69 Å². The number of nitrogens with zero attached hydrogens (tertiary/aromatic N) is 1. The van der Waals surface area contributed by atoms with E-state index in [1.807, 2.05) is 51.1 Å². The van der Waals surface area contributed by atoms with E-state index >= 15 is 0 Å². The molecule has 4 nitrogen and oxygen atoms in total. The number of aromatic nitrogens is 1. The molecule has 1 heterocycles. The minimum Gasteiger partial charge on any atom is -0.354 e. The average Bonchev–Trinajstić information content (AvgIpc) is 2.50. The van der Waals surface area contributed by atoms with E-state index in [0.717, 1.165) is 23.4 Å². The smallest absolute Gasteiger partial charge is 0.270 e. The summed E-state index contributed by atoms with van der Waals surface area (Å²) in [5.41, 5.74) is 3.50. The minimum absolute atomic E-state index is 0.133. The van der Waals surface area contributed by atoms with Crippen molar-refractivity contribution >= 4 is 17.3 Å². The van der Waals surface area contributed by atoms with Crippen LogP contribution in [0.25, 0.3) is 0 Å². The first-order valence-corrected chi connectivity index (χ1v) is 7.19. The van der Waals surface area contributed by atoms with Gasteiger partial charge in [0.2, 0.25) is 0 Å². The Kier molecular flexibility index (Phi) is 4.93. The number of rotatable bonds is 5. The molecule has 0 spiro atoms. The summed E-state index contributed by atoms with van der Waals surface area (Å²) in [4.78, 5) is 16.2. The summed E-state index contributed by atoms with van der Waals surface area (Å²) in [6, 6.07) is 11.8. The van der Waals surface area contributed by atoms with Crippen molar-refractivity contribution in [3.8, 4) is 0 Å². The highest BCUT2D eigenvalue weighted by Gasteiger charge is 2.09. The monoisotopic (exact) mass is 283 g/mol. The third-order valence-electron chi connectivity index (χ3n) is 3.41.